The molecule has 0 aliphatic carbocycles. The number of hydrogen-bond acceptors (Lipinski definition) is 4. The minimum Gasteiger partial charge on any atom is -0.504 e. The summed E-state index contributed by atoms with van der Waals surface area (Å²) in [5, 5.41) is 20.9. The molecule has 0 saturated carbocycles. The summed E-state index contributed by atoms with van der Waals surface area (Å²) in [5.41, 5.74) is -0.535. The van der Waals surface area contributed by atoms with Gasteiger partial charge in [0, 0.05) is 26.2 Å². The Morgan fingerprint density at radius 1 is 0.690 bits per heavy atom. The molecular formula is C19H12Cl4O5S. The van der Waals surface area contributed by atoms with Gasteiger partial charge in [-0.3, -0.25) is 4.55 Å². The van der Waals surface area contributed by atoms with Crippen molar-refractivity contribution in [1.29, 1.82) is 0 Å². The second kappa shape index (κ2) is 7.87. The van der Waals surface area contributed by atoms with E-state index in [1.54, 1.807) is 0 Å². The van der Waals surface area contributed by atoms with E-state index in [0.29, 0.717) is 5.02 Å². The molecule has 152 valence electrons. The molecule has 0 aliphatic heterocycles. The van der Waals surface area contributed by atoms with Gasteiger partial charge in [0.15, 0.2) is 16.2 Å². The lowest BCUT2D eigenvalue weighted by atomic mass is 9.83. The Morgan fingerprint density at radius 2 is 1.24 bits per heavy atom. The number of rotatable bonds is 4. The van der Waals surface area contributed by atoms with Gasteiger partial charge in [0.25, 0.3) is 10.1 Å². The molecule has 0 bridgehead atoms. The molecule has 0 spiro atoms. The van der Waals surface area contributed by atoms with Crippen molar-refractivity contribution in [2.45, 2.75) is 4.75 Å². The largest absolute Gasteiger partial charge is 0.504 e. The van der Waals surface area contributed by atoms with E-state index in [1.165, 1.54) is 48.5 Å². The van der Waals surface area contributed by atoms with E-state index >= 15 is 0 Å². The summed E-state index contributed by atoms with van der Waals surface area (Å²) in [6.45, 7) is 0. The van der Waals surface area contributed by atoms with Crippen LogP contribution in [0.5, 0.6) is 11.5 Å². The van der Waals surface area contributed by atoms with Crippen LogP contribution in [0.3, 0.4) is 0 Å². The molecule has 10 heteroatoms. The highest BCUT2D eigenvalue weighted by atomic mass is 35.5. The second-order valence-electron chi connectivity index (χ2n) is 6.08. The zero-order valence-corrected chi connectivity index (χ0v) is 18.1. The van der Waals surface area contributed by atoms with E-state index in [1.807, 2.05) is 0 Å². The van der Waals surface area contributed by atoms with Crippen LogP contribution in [0.4, 0.5) is 0 Å². The SMILES string of the molecule is O=S(=O)(O)C(c1ccc(Cl)cc1)(c1cc(Cl)ccc1Cl)c1ccc(Cl)c(O)c1O. The Labute approximate surface area is 186 Å². The summed E-state index contributed by atoms with van der Waals surface area (Å²) in [7, 11) is -5.09. The second-order valence-corrected chi connectivity index (χ2v) is 9.33. The first-order valence-corrected chi connectivity index (χ1v) is 10.8. The van der Waals surface area contributed by atoms with Gasteiger partial charge in [0.05, 0.1) is 5.02 Å². The lowest BCUT2D eigenvalue weighted by Crippen LogP contribution is -2.38. The van der Waals surface area contributed by atoms with E-state index < -0.39 is 26.4 Å². The molecule has 3 rings (SSSR count). The Bertz CT molecular complexity index is 1200. The number of phenolic OH excluding ortho intramolecular Hbond substituents is 2. The highest BCUT2D eigenvalue weighted by molar-refractivity contribution is 7.87. The third-order valence-electron chi connectivity index (χ3n) is 4.43. The van der Waals surface area contributed by atoms with Crippen LogP contribution < -0.4 is 0 Å². The molecule has 0 aliphatic rings. The van der Waals surface area contributed by atoms with E-state index in [9.17, 15) is 23.2 Å². The molecule has 1 unspecified atom stereocenters. The van der Waals surface area contributed by atoms with Crippen molar-refractivity contribution in [2.24, 2.45) is 0 Å². The molecule has 0 aromatic heterocycles. The van der Waals surface area contributed by atoms with Crippen LogP contribution in [0.15, 0.2) is 54.6 Å². The van der Waals surface area contributed by atoms with Crippen LogP contribution in [0, 0.1) is 0 Å². The summed E-state index contributed by atoms with van der Waals surface area (Å²) in [6, 6.07) is 11.9. The third kappa shape index (κ3) is 3.65. The van der Waals surface area contributed by atoms with Crippen LogP contribution in [-0.2, 0) is 14.9 Å². The van der Waals surface area contributed by atoms with Crippen molar-refractivity contribution in [1.82, 2.24) is 0 Å². The summed E-state index contributed by atoms with van der Waals surface area (Å²) in [6.07, 6.45) is 0. The highest BCUT2D eigenvalue weighted by Gasteiger charge is 2.51. The van der Waals surface area contributed by atoms with Crippen molar-refractivity contribution in [2.75, 3.05) is 0 Å². The maximum Gasteiger partial charge on any atom is 0.283 e. The number of halogens is 4. The van der Waals surface area contributed by atoms with Crippen LogP contribution >= 0.6 is 46.4 Å². The minimum atomic E-state index is -5.09. The topological polar surface area (TPSA) is 94.8 Å². The molecule has 0 amide bonds. The molecule has 5 nitrogen and oxygen atoms in total. The first kappa shape index (κ1) is 22.0. The lowest BCUT2D eigenvalue weighted by Gasteiger charge is -2.34. The fraction of sp³-hybridized carbons (Fsp3) is 0.0526. The van der Waals surface area contributed by atoms with E-state index in [-0.39, 0.29) is 31.8 Å². The molecule has 3 N–H and O–H groups in total. The highest BCUT2D eigenvalue weighted by Crippen LogP contribution is 2.52. The van der Waals surface area contributed by atoms with Crippen LogP contribution in [0.25, 0.3) is 0 Å². The Morgan fingerprint density at radius 3 is 1.83 bits per heavy atom. The molecule has 3 aromatic carbocycles. The molecule has 1 atom stereocenters. The summed E-state index contributed by atoms with van der Waals surface area (Å²) >= 11 is 24.2. The van der Waals surface area contributed by atoms with Crippen LogP contribution in [0.2, 0.25) is 20.1 Å². The standard InChI is InChI=1S/C19H12Cl4O5S/c20-11-3-1-10(2-4-11)19(29(26,27)28,14-9-12(21)5-7-15(14)22)13-6-8-16(23)18(25)17(13)24/h1-9,24-25H,(H,26,27,28). The van der Waals surface area contributed by atoms with Gasteiger partial charge in [-0.25, -0.2) is 0 Å². The Hall–Kier alpha value is -1.67. The molecule has 0 radical (unpaired) electrons. The fourth-order valence-corrected chi connectivity index (χ4v) is 5.26. The van der Waals surface area contributed by atoms with Gasteiger partial charge in [-0.15, -0.1) is 0 Å². The first-order valence-electron chi connectivity index (χ1n) is 7.89. The predicted octanol–water partition coefficient (Wildman–Crippen LogP) is 5.89. The van der Waals surface area contributed by atoms with Crippen molar-refractivity contribution in [3.8, 4) is 11.5 Å². The smallest absolute Gasteiger partial charge is 0.283 e. The number of benzene rings is 3. The van der Waals surface area contributed by atoms with Crippen molar-refractivity contribution in [3.63, 3.8) is 0 Å². The summed E-state index contributed by atoms with van der Waals surface area (Å²) < 4.78 is 33.9. The van der Waals surface area contributed by atoms with Gasteiger partial charge >= 0.3 is 0 Å². The fourth-order valence-electron chi connectivity index (χ4n) is 3.17. The average molecular weight is 494 g/mol. The van der Waals surface area contributed by atoms with Gasteiger partial charge in [-0.1, -0.05) is 64.6 Å². The zero-order chi connectivity index (χ0) is 21.6. The molecule has 0 saturated heterocycles. The third-order valence-corrected chi connectivity index (χ3v) is 7.00. The Balaban J connectivity index is 2.61. The number of phenols is 2. The molecule has 3 aromatic rings. The van der Waals surface area contributed by atoms with Crippen molar-refractivity contribution in [3.05, 3.63) is 91.4 Å². The van der Waals surface area contributed by atoms with E-state index in [4.69, 9.17) is 46.4 Å². The Kier molecular flexibility index (Phi) is 5.98. The molecule has 0 heterocycles. The molecular weight excluding hydrogens is 482 g/mol. The normalized spacial score (nSPS) is 13.8. The number of hydrogen-bond donors (Lipinski definition) is 3. The summed E-state index contributed by atoms with van der Waals surface area (Å²) in [5.74, 6) is -1.61. The maximum absolute atomic E-state index is 12.9. The van der Waals surface area contributed by atoms with Crippen LogP contribution in [-0.4, -0.2) is 23.2 Å². The maximum atomic E-state index is 12.9. The minimum absolute atomic E-state index is 0.00871. The molecule has 29 heavy (non-hydrogen) atoms. The average Bonchev–Trinajstić information content (AvgIpc) is 2.65. The monoisotopic (exact) mass is 492 g/mol. The van der Waals surface area contributed by atoms with Gasteiger partial charge in [0.2, 0.25) is 0 Å². The predicted molar refractivity (Wildman–Crippen MR) is 114 cm³/mol. The van der Waals surface area contributed by atoms with E-state index in [0.717, 1.165) is 6.07 Å². The van der Waals surface area contributed by atoms with Gasteiger partial charge in [0.1, 0.15) is 0 Å². The first-order chi connectivity index (χ1) is 13.5. The quantitative estimate of drug-likeness (QED) is 0.239. The van der Waals surface area contributed by atoms with Gasteiger partial charge in [-0.05, 0) is 42.0 Å². The zero-order valence-electron chi connectivity index (χ0n) is 14.3. The summed E-state index contributed by atoms with van der Waals surface area (Å²) in [4.78, 5) is 0. The van der Waals surface area contributed by atoms with E-state index in [2.05, 4.69) is 0 Å². The number of aromatic hydroxyl groups is 2. The lowest BCUT2D eigenvalue weighted by molar-refractivity contribution is 0.394. The van der Waals surface area contributed by atoms with Gasteiger partial charge in [-0.2, -0.15) is 8.42 Å². The van der Waals surface area contributed by atoms with Crippen LogP contribution in [0.1, 0.15) is 16.7 Å². The molecule has 0 fully saturated rings. The van der Waals surface area contributed by atoms with Crippen molar-refractivity contribution >= 4 is 56.5 Å². The van der Waals surface area contributed by atoms with Gasteiger partial charge < -0.3 is 10.2 Å². The van der Waals surface area contributed by atoms with Crippen molar-refractivity contribution < 1.29 is 23.2 Å².